The summed E-state index contributed by atoms with van der Waals surface area (Å²) < 4.78 is 5.51. The summed E-state index contributed by atoms with van der Waals surface area (Å²) in [7, 11) is 0. The van der Waals surface area contributed by atoms with Crippen LogP contribution in [0.1, 0.15) is 26.2 Å². The number of para-hydroxylation sites is 1. The van der Waals surface area contributed by atoms with Gasteiger partial charge in [0.2, 0.25) is 5.91 Å². The Labute approximate surface area is 114 Å². The molecular formula is C15H22N2O2. The predicted octanol–water partition coefficient (Wildman–Crippen LogP) is 1.70. The van der Waals surface area contributed by atoms with Crippen LogP contribution in [-0.4, -0.2) is 24.6 Å². The van der Waals surface area contributed by atoms with Gasteiger partial charge in [0.1, 0.15) is 5.75 Å². The van der Waals surface area contributed by atoms with Gasteiger partial charge in [-0.3, -0.25) is 4.79 Å². The standard InChI is InChI=1S/C15H22N2O2/c1-15(11-16,12-7-8-12)17-14(18)9-10-19-13-5-3-2-4-6-13/h2-6,12H,7-11,16H2,1H3,(H,17,18). The fraction of sp³-hybridized carbons (Fsp3) is 0.533. The fourth-order valence-electron chi connectivity index (χ4n) is 2.20. The first kappa shape index (κ1) is 13.9. The molecule has 1 aliphatic carbocycles. The Kier molecular flexibility index (Phi) is 4.43. The van der Waals surface area contributed by atoms with Crippen LogP contribution in [0.4, 0.5) is 0 Å². The van der Waals surface area contributed by atoms with Crippen LogP contribution in [0.5, 0.6) is 5.75 Å². The van der Waals surface area contributed by atoms with E-state index in [0.717, 1.165) is 18.6 Å². The third-order valence-electron chi connectivity index (χ3n) is 3.67. The van der Waals surface area contributed by atoms with Crippen LogP contribution in [0, 0.1) is 5.92 Å². The monoisotopic (exact) mass is 262 g/mol. The van der Waals surface area contributed by atoms with Gasteiger partial charge in [0.05, 0.1) is 18.6 Å². The lowest BCUT2D eigenvalue weighted by molar-refractivity contribution is -0.123. The van der Waals surface area contributed by atoms with E-state index in [0.29, 0.717) is 25.5 Å². The summed E-state index contributed by atoms with van der Waals surface area (Å²) in [4.78, 5) is 11.9. The Morgan fingerprint density at radius 3 is 2.68 bits per heavy atom. The first-order chi connectivity index (χ1) is 9.14. The van der Waals surface area contributed by atoms with Crippen molar-refractivity contribution >= 4 is 5.91 Å². The number of carbonyl (C=O) groups is 1. The van der Waals surface area contributed by atoms with E-state index in [4.69, 9.17) is 10.5 Å². The molecule has 0 spiro atoms. The molecule has 1 amide bonds. The molecule has 104 valence electrons. The molecule has 0 saturated heterocycles. The summed E-state index contributed by atoms with van der Waals surface area (Å²) >= 11 is 0. The average molecular weight is 262 g/mol. The summed E-state index contributed by atoms with van der Waals surface area (Å²) in [5.74, 6) is 1.34. The molecule has 1 atom stereocenters. The molecule has 19 heavy (non-hydrogen) atoms. The maximum atomic E-state index is 11.9. The van der Waals surface area contributed by atoms with E-state index < -0.39 is 0 Å². The fourth-order valence-corrected chi connectivity index (χ4v) is 2.20. The van der Waals surface area contributed by atoms with Crippen LogP contribution < -0.4 is 15.8 Å². The normalized spacial score (nSPS) is 17.6. The quantitative estimate of drug-likeness (QED) is 0.786. The summed E-state index contributed by atoms with van der Waals surface area (Å²) in [5, 5.41) is 3.05. The molecule has 3 N–H and O–H groups in total. The molecular weight excluding hydrogens is 240 g/mol. The third-order valence-corrected chi connectivity index (χ3v) is 3.67. The molecule has 4 heteroatoms. The highest BCUT2D eigenvalue weighted by atomic mass is 16.5. The van der Waals surface area contributed by atoms with Gasteiger partial charge >= 0.3 is 0 Å². The number of benzene rings is 1. The molecule has 1 aliphatic rings. The Balaban J connectivity index is 1.72. The Morgan fingerprint density at radius 1 is 1.42 bits per heavy atom. The molecule has 0 aliphatic heterocycles. The van der Waals surface area contributed by atoms with E-state index in [-0.39, 0.29) is 11.4 Å². The molecule has 1 aromatic rings. The van der Waals surface area contributed by atoms with Crippen LogP contribution in [0.15, 0.2) is 30.3 Å². The molecule has 1 unspecified atom stereocenters. The van der Waals surface area contributed by atoms with Crippen molar-refractivity contribution in [3.8, 4) is 5.75 Å². The van der Waals surface area contributed by atoms with Crippen LogP contribution in [0.2, 0.25) is 0 Å². The van der Waals surface area contributed by atoms with Gasteiger partial charge in [0.25, 0.3) is 0 Å². The second-order valence-corrected chi connectivity index (χ2v) is 5.36. The Morgan fingerprint density at radius 2 is 2.11 bits per heavy atom. The largest absolute Gasteiger partial charge is 0.493 e. The minimum Gasteiger partial charge on any atom is -0.493 e. The first-order valence-electron chi connectivity index (χ1n) is 6.83. The van der Waals surface area contributed by atoms with Crippen molar-refractivity contribution in [3.63, 3.8) is 0 Å². The van der Waals surface area contributed by atoms with E-state index in [1.165, 1.54) is 0 Å². The summed E-state index contributed by atoms with van der Waals surface area (Å²) in [5.41, 5.74) is 5.52. The maximum absolute atomic E-state index is 11.9. The molecule has 1 saturated carbocycles. The minimum absolute atomic E-state index is 0.00998. The lowest BCUT2D eigenvalue weighted by atomic mass is 9.96. The molecule has 0 bridgehead atoms. The number of amides is 1. The van der Waals surface area contributed by atoms with Gasteiger partial charge in [0.15, 0.2) is 0 Å². The molecule has 0 aromatic heterocycles. The molecule has 1 fully saturated rings. The second kappa shape index (κ2) is 6.06. The number of rotatable bonds is 7. The van der Waals surface area contributed by atoms with Crippen molar-refractivity contribution in [1.29, 1.82) is 0 Å². The number of nitrogens with two attached hydrogens (primary N) is 1. The molecule has 1 aromatic carbocycles. The van der Waals surface area contributed by atoms with Crippen molar-refractivity contribution in [1.82, 2.24) is 5.32 Å². The second-order valence-electron chi connectivity index (χ2n) is 5.36. The van der Waals surface area contributed by atoms with Crippen LogP contribution in [-0.2, 0) is 4.79 Å². The molecule has 0 heterocycles. The topological polar surface area (TPSA) is 64.3 Å². The zero-order valence-corrected chi connectivity index (χ0v) is 11.4. The van der Waals surface area contributed by atoms with E-state index in [2.05, 4.69) is 5.32 Å². The maximum Gasteiger partial charge on any atom is 0.223 e. The van der Waals surface area contributed by atoms with Crippen molar-refractivity contribution in [2.24, 2.45) is 11.7 Å². The van der Waals surface area contributed by atoms with E-state index in [9.17, 15) is 4.79 Å². The van der Waals surface area contributed by atoms with E-state index in [1.54, 1.807) is 0 Å². The number of nitrogens with one attached hydrogen (secondary N) is 1. The molecule has 4 nitrogen and oxygen atoms in total. The number of carbonyl (C=O) groups excluding carboxylic acids is 1. The van der Waals surface area contributed by atoms with Crippen molar-refractivity contribution in [2.75, 3.05) is 13.2 Å². The van der Waals surface area contributed by atoms with Gasteiger partial charge in [-0.1, -0.05) is 18.2 Å². The van der Waals surface area contributed by atoms with Gasteiger partial charge in [-0.15, -0.1) is 0 Å². The summed E-state index contributed by atoms with van der Waals surface area (Å²) in [6.45, 7) is 2.91. The highest BCUT2D eigenvalue weighted by molar-refractivity contribution is 5.77. The highest BCUT2D eigenvalue weighted by Crippen LogP contribution is 2.38. The average Bonchev–Trinajstić information content (AvgIpc) is 3.24. The number of hydrogen-bond donors (Lipinski definition) is 2. The smallest absolute Gasteiger partial charge is 0.223 e. The van der Waals surface area contributed by atoms with Crippen molar-refractivity contribution < 1.29 is 9.53 Å². The lowest BCUT2D eigenvalue weighted by Gasteiger charge is -2.29. The van der Waals surface area contributed by atoms with Crippen LogP contribution >= 0.6 is 0 Å². The SMILES string of the molecule is CC(CN)(NC(=O)CCOc1ccccc1)C1CC1. The van der Waals surface area contributed by atoms with Gasteiger partial charge in [-0.25, -0.2) is 0 Å². The summed E-state index contributed by atoms with van der Waals surface area (Å²) in [6, 6.07) is 9.52. The predicted molar refractivity (Wildman–Crippen MR) is 74.9 cm³/mol. The molecule has 0 radical (unpaired) electrons. The van der Waals surface area contributed by atoms with E-state index in [1.807, 2.05) is 37.3 Å². The van der Waals surface area contributed by atoms with E-state index >= 15 is 0 Å². The van der Waals surface area contributed by atoms with Crippen molar-refractivity contribution in [3.05, 3.63) is 30.3 Å². The van der Waals surface area contributed by atoms with Crippen LogP contribution in [0.25, 0.3) is 0 Å². The number of hydrogen-bond acceptors (Lipinski definition) is 3. The van der Waals surface area contributed by atoms with Gasteiger partial charge in [-0.05, 0) is 37.8 Å². The third kappa shape index (κ3) is 3.96. The van der Waals surface area contributed by atoms with Crippen molar-refractivity contribution in [2.45, 2.75) is 31.7 Å². The highest BCUT2D eigenvalue weighted by Gasteiger charge is 2.41. The lowest BCUT2D eigenvalue weighted by Crippen LogP contribution is -2.53. The minimum atomic E-state index is -0.246. The van der Waals surface area contributed by atoms with Gasteiger partial charge in [-0.2, -0.15) is 0 Å². The van der Waals surface area contributed by atoms with Gasteiger partial charge in [0, 0.05) is 6.54 Å². The van der Waals surface area contributed by atoms with Gasteiger partial charge < -0.3 is 15.8 Å². The van der Waals surface area contributed by atoms with Crippen LogP contribution in [0.3, 0.4) is 0 Å². The first-order valence-corrected chi connectivity index (χ1v) is 6.83. The Hall–Kier alpha value is -1.55. The summed E-state index contributed by atoms with van der Waals surface area (Å²) in [6.07, 6.45) is 2.68. The zero-order valence-electron chi connectivity index (χ0n) is 11.4. The molecule has 2 rings (SSSR count). The Bertz CT molecular complexity index is 417. The number of ether oxygens (including phenoxy) is 1. The zero-order chi connectivity index (χ0) is 13.7.